The van der Waals surface area contributed by atoms with E-state index in [-0.39, 0.29) is 0 Å². The van der Waals surface area contributed by atoms with Crippen LogP contribution in [0.5, 0.6) is 0 Å². The first kappa shape index (κ1) is 15.7. The van der Waals surface area contributed by atoms with Gasteiger partial charge in [-0.3, -0.25) is 0 Å². The summed E-state index contributed by atoms with van der Waals surface area (Å²) >= 11 is 1.88. The lowest BCUT2D eigenvalue weighted by Crippen LogP contribution is -2.44. The number of nitrogens with zero attached hydrogens (tertiary/aromatic N) is 3. The summed E-state index contributed by atoms with van der Waals surface area (Å²) in [6, 6.07) is 0. The average Bonchev–Trinajstić information content (AvgIpc) is 2.82. The first-order valence-electron chi connectivity index (χ1n) is 7.73. The van der Waals surface area contributed by atoms with Gasteiger partial charge in [0, 0.05) is 37.6 Å². The van der Waals surface area contributed by atoms with Crippen LogP contribution in [0.1, 0.15) is 31.3 Å². The molecular weight excluding hydrogens is 268 g/mol. The summed E-state index contributed by atoms with van der Waals surface area (Å²) in [4.78, 5) is 11.1. The van der Waals surface area contributed by atoms with E-state index in [9.17, 15) is 0 Å². The summed E-state index contributed by atoms with van der Waals surface area (Å²) in [7, 11) is 2.19. The van der Waals surface area contributed by atoms with Crippen molar-refractivity contribution in [1.29, 1.82) is 0 Å². The van der Waals surface area contributed by atoms with Crippen LogP contribution in [0, 0.1) is 5.92 Å². The number of hydrogen-bond donors (Lipinski definition) is 1. The van der Waals surface area contributed by atoms with Crippen molar-refractivity contribution in [3.05, 3.63) is 10.6 Å². The van der Waals surface area contributed by atoms with Crippen molar-refractivity contribution in [3.8, 4) is 0 Å². The van der Waals surface area contributed by atoms with Crippen molar-refractivity contribution >= 4 is 16.5 Å². The fourth-order valence-corrected chi connectivity index (χ4v) is 3.56. The molecule has 0 spiro atoms. The lowest BCUT2D eigenvalue weighted by Gasteiger charge is -2.32. The van der Waals surface area contributed by atoms with E-state index in [2.05, 4.69) is 42.9 Å². The largest absolute Gasteiger partial charge is 0.346 e. The Kier molecular flexibility index (Phi) is 5.81. The van der Waals surface area contributed by atoms with Gasteiger partial charge in [-0.2, -0.15) is 0 Å². The van der Waals surface area contributed by atoms with Crippen molar-refractivity contribution in [3.63, 3.8) is 0 Å². The van der Waals surface area contributed by atoms with E-state index in [4.69, 9.17) is 4.98 Å². The summed E-state index contributed by atoms with van der Waals surface area (Å²) < 4.78 is 0. The quantitative estimate of drug-likeness (QED) is 0.872. The van der Waals surface area contributed by atoms with E-state index in [1.54, 1.807) is 0 Å². The number of anilines is 1. The van der Waals surface area contributed by atoms with Crippen molar-refractivity contribution in [2.45, 2.75) is 33.7 Å². The molecule has 1 N–H and O–H groups in total. The zero-order valence-electron chi connectivity index (χ0n) is 13.3. The van der Waals surface area contributed by atoms with E-state index >= 15 is 0 Å². The lowest BCUT2D eigenvalue weighted by molar-refractivity contribution is 0.312. The van der Waals surface area contributed by atoms with E-state index in [0.717, 1.165) is 45.7 Å². The Labute approximate surface area is 127 Å². The minimum Gasteiger partial charge on any atom is -0.346 e. The van der Waals surface area contributed by atoms with Crippen molar-refractivity contribution < 1.29 is 0 Å². The molecule has 5 heteroatoms. The Morgan fingerprint density at radius 2 is 1.95 bits per heavy atom. The van der Waals surface area contributed by atoms with Crippen LogP contribution in [-0.2, 0) is 13.0 Å². The molecule has 0 amide bonds. The van der Waals surface area contributed by atoms with Gasteiger partial charge in [-0.1, -0.05) is 20.8 Å². The third-order valence-electron chi connectivity index (χ3n) is 3.71. The van der Waals surface area contributed by atoms with Crippen LogP contribution in [0.3, 0.4) is 0 Å². The van der Waals surface area contributed by atoms with Gasteiger partial charge in [-0.05, 0) is 25.9 Å². The predicted octanol–water partition coefficient (Wildman–Crippen LogP) is 2.20. The molecule has 1 aromatic heterocycles. The van der Waals surface area contributed by atoms with Gasteiger partial charge in [0.2, 0.25) is 0 Å². The molecule has 1 aliphatic rings. The van der Waals surface area contributed by atoms with Crippen LogP contribution >= 0.6 is 11.3 Å². The second-order valence-electron chi connectivity index (χ2n) is 6.03. The topological polar surface area (TPSA) is 31.4 Å². The number of aryl methyl sites for hydroxylation is 1. The van der Waals surface area contributed by atoms with Crippen molar-refractivity contribution in [2.75, 3.05) is 44.7 Å². The molecule has 2 rings (SSSR count). The highest BCUT2D eigenvalue weighted by molar-refractivity contribution is 7.15. The molecule has 1 fully saturated rings. The Balaban J connectivity index is 1.98. The molecule has 0 aliphatic carbocycles. The van der Waals surface area contributed by atoms with Crippen molar-refractivity contribution in [2.24, 2.45) is 5.92 Å². The normalized spacial score (nSPS) is 17.1. The highest BCUT2D eigenvalue weighted by atomic mass is 32.1. The number of aromatic nitrogens is 1. The zero-order valence-corrected chi connectivity index (χ0v) is 14.1. The maximum absolute atomic E-state index is 4.86. The van der Waals surface area contributed by atoms with Crippen molar-refractivity contribution in [1.82, 2.24) is 15.2 Å². The number of likely N-dealkylation sites (N-methyl/N-ethyl adjacent to an activating group) is 1. The van der Waals surface area contributed by atoms with Gasteiger partial charge in [0.25, 0.3) is 0 Å². The average molecular weight is 296 g/mol. The molecule has 1 aliphatic heterocycles. The van der Waals surface area contributed by atoms with E-state index in [0.29, 0.717) is 5.92 Å². The van der Waals surface area contributed by atoms with Crippen LogP contribution in [0.2, 0.25) is 0 Å². The Morgan fingerprint density at radius 3 is 2.55 bits per heavy atom. The van der Waals surface area contributed by atoms with Crippen LogP contribution in [0.25, 0.3) is 0 Å². The maximum atomic E-state index is 4.86. The molecule has 20 heavy (non-hydrogen) atoms. The monoisotopic (exact) mass is 296 g/mol. The zero-order chi connectivity index (χ0) is 14.5. The van der Waals surface area contributed by atoms with Gasteiger partial charge in [0.15, 0.2) is 5.13 Å². The van der Waals surface area contributed by atoms with Gasteiger partial charge in [-0.15, -0.1) is 11.3 Å². The third kappa shape index (κ3) is 4.17. The summed E-state index contributed by atoms with van der Waals surface area (Å²) in [6.45, 7) is 13.2. The Hall–Kier alpha value is -0.650. The highest BCUT2D eigenvalue weighted by Crippen LogP contribution is 2.27. The SMILES string of the molecule is CCc1nc(N2CCN(C)CC2)sc1CNCC(C)C. The summed E-state index contributed by atoms with van der Waals surface area (Å²) in [5, 5.41) is 4.76. The number of rotatable bonds is 6. The smallest absolute Gasteiger partial charge is 0.185 e. The fourth-order valence-electron chi connectivity index (χ4n) is 2.39. The second kappa shape index (κ2) is 7.38. The molecule has 2 heterocycles. The van der Waals surface area contributed by atoms with Gasteiger partial charge >= 0.3 is 0 Å². The predicted molar refractivity (Wildman–Crippen MR) is 87.7 cm³/mol. The fraction of sp³-hybridized carbons (Fsp3) is 0.800. The van der Waals surface area contributed by atoms with Crippen LogP contribution in [0.15, 0.2) is 0 Å². The van der Waals surface area contributed by atoms with Crippen LogP contribution in [-0.4, -0.2) is 49.7 Å². The molecule has 0 aromatic carbocycles. The summed E-state index contributed by atoms with van der Waals surface area (Å²) in [6.07, 6.45) is 1.03. The minimum atomic E-state index is 0.699. The molecule has 0 unspecified atom stereocenters. The third-order valence-corrected chi connectivity index (χ3v) is 4.87. The molecule has 0 atom stereocenters. The first-order chi connectivity index (χ1) is 9.60. The Morgan fingerprint density at radius 1 is 1.25 bits per heavy atom. The second-order valence-corrected chi connectivity index (χ2v) is 7.10. The molecule has 0 saturated carbocycles. The molecule has 0 radical (unpaired) electrons. The molecular formula is C15H28N4S. The molecule has 114 valence electrons. The number of nitrogens with one attached hydrogen (secondary N) is 1. The first-order valence-corrected chi connectivity index (χ1v) is 8.54. The minimum absolute atomic E-state index is 0.699. The molecule has 1 aromatic rings. The van der Waals surface area contributed by atoms with Gasteiger partial charge in [-0.25, -0.2) is 4.98 Å². The van der Waals surface area contributed by atoms with E-state index in [1.165, 1.54) is 15.7 Å². The van der Waals surface area contributed by atoms with E-state index < -0.39 is 0 Å². The van der Waals surface area contributed by atoms with Crippen LogP contribution in [0.4, 0.5) is 5.13 Å². The number of thiazole rings is 1. The summed E-state index contributed by atoms with van der Waals surface area (Å²) in [5.74, 6) is 0.699. The van der Waals surface area contributed by atoms with Gasteiger partial charge < -0.3 is 15.1 Å². The Bertz CT molecular complexity index is 408. The highest BCUT2D eigenvalue weighted by Gasteiger charge is 2.19. The molecule has 0 bridgehead atoms. The van der Waals surface area contributed by atoms with Gasteiger partial charge in [0.05, 0.1) is 5.69 Å². The maximum Gasteiger partial charge on any atom is 0.185 e. The molecule has 1 saturated heterocycles. The van der Waals surface area contributed by atoms with E-state index in [1.807, 2.05) is 11.3 Å². The summed E-state index contributed by atoms with van der Waals surface area (Å²) in [5.41, 5.74) is 1.28. The lowest BCUT2D eigenvalue weighted by atomic mass is 10.2. The standard InChI is InChI=1S/C15H28N4S/c1-5-13-14(11-16-10-12(2)3)20-15(17-13)19-8-6-18(4)7-9-19/h12,16H,5-11H2,1-4H3. The number of piperazine rings is 1. The van der Waals surface area contributed by atoms with Gasteiger partial charge in [0.1, 0.15) is 0 Å². The molecule has 4 nitrogen and oxygen atoms in total. The number of hydrogen-bond acceptors (Lipinski definition) is 5. The van der Waals surface area contributed by atoms with Crippen LogP contribution < -0.4 is 10.2 Å².